The van der Waals surface area contributed by atoms with Crippen molar-refractivity contribution in [1.29, 1.82) is 0 Å². The summed E-state index contributed by atoms with van der Waals surface area (Å²) in [6.07, 6.45) is 9.42. The second-order valence-electron chi connectivity index (χ2n) is 5.02. The van der Waals surface area contributed by atoms with Crippen LogP contribution >= 0.6 is 11.6 Å². The lowest BCUT2D eigenvalue weighted by Gasteiger charge is -2.30. The maximum atomic E-state index is 5.82. The molecule has 106 valence electrons. The van der Waals surface area contributed by atoms with Gasteiger partial charge in [-0.2, -0.15) is 0 Å². The van der Waals surface area contributed by atoms with Crippen LogP contribution in [0.2, 0.25) is 5.02 Å². The van der Waals surface area contributed by atoms with E-state index < -0.39 is 0 Å². The summed E-state index contributed by atoms with van der Waals surface area (Å²) in [6.45, 7) is 2.70. The second-order valence-corrected chi connectivity index (χ2v) is 5.45. The third kappa shape index (κ3) is 3.39. The van der Waals surface area contributed by atoms with E-state index in [1.54, 1.807) is 6.20 Å². The van der Waals surface area contributed by atoms with Gasteiger partial charge in [0.2, 0.25) is 0 Å². The Bertz CT molecular complexity index is 506. The summed E-state index contributed by atoms with van der Waals surface area (Å²) in [5, 5.41) is 7.29. The summed E-state index contributed by atoms with van der Waals surface area (Å²) in [4.78, 5) is 4.23. The predicted molar refractivity (Wildman–Crippen MR) is 80.8 cm³/mol. The standard InChI is InChI=1S/C15H18ClN3O/c16-12-3-6-15(18-9-12)19-13-4-1-11(2-5-13)14-10-17-7-8-20-14/h1,3-6,9,11,14,17H,2,7-8,10H2,(H,18,19)/t11?,14-/m1/s1. The van der Waals surface area contributed by atoms with E-state index in [9.17, 15) is 0 Å². The van der Waals surface area contributed by atoms with Gasteiger partial charge in [-0.25, -0.2) is 4.98 Å². The predicted octanol–water partition coefficient (Wildman–Crippen LogP) is 2.60. The number of nitrogens with zero attached hydrogens (tertiary/aromatic N) is 1. The number of nitrogens with one attached hydrogen (secondary N) is 2. The molecule has 0 spiro atoms. The smallest absolute Gasteiger partial charge is 0.130 e. The summed E-state index contributed by atoms with van der Waals surface area (Å²) in [7, 11) is 0. The first kappa shape index (κ1) is 13.6. The molecule has 1 fully saturated rings. The summed E-state index contributed by atoms with van der Waals surface area (Å²) in [6, 6.07) is 3.70. The Balaban J connectivity index is 1.57. The van der Waals surface area contributed by atoms with Gasteiger partial charge in [0, 0.05) is 30.9 Å². The number of rotatable bonds is 3. The maximum Gasteiger partial charge on any atom is 0.130 e. The first-order valence-corrected chi connectivity index (χ1v) is 7.28. The molecule has 20 heavy (non-hydrogen) atoms. The highest BCUT2D eigenvalue weighted by Gasteiger charge is 2.23. The summed E-state index contributed by atoms with van der Waals surface area (Å²) in [5.41, 5.74) is 1.07. The molecule has 0 bridgehead atoms. The summed E-state index contributed by atoms with van der Waals surface area (Å²) in [5.74, 6) is 1.26. The zero-order valence-corrected chi connectivity index (χ0v) is 11.9. The Kier molecular flexibility index (Phi) is 4.35. The molecule has 2 atom stereocenters. The molecule has 0 radical (unpaired) electrons. The molecular formula is C15H18ClN3O. The molecule has 5 heteroatoms. The van der Waals surface area contributed by atoms with Gasteiger partial charge in [-0.3, -0.25) is 0 Å². The number of halogens is 1. The van der Waals surface area contributed by atoms with Crippen molar-refractivity contribution in [3.8, 4) is 0 Å². The molecule has 1 unspecified atom stereocenters. The van der Waals surface area contributed by atoms with Crippen LogP contribution in [-0.2, 0) is 4.74 Å². The minimum absolute atomic E-state index is 0.284. The summed E-state index contributed by atoms with van der Waals surface area (Å²) >= 11 is 5.82. The van der Waals surface area contributed by atoms with Crippen LogP contribution in [0.5, 0.6) is 0 Å². The van der Waals surface area contributed by atoms with E-state index in [2.05, 4.69) is 33.8 Å². The molecule has 0 saturated carbocycles. The third-order valence-corrected chi connectivity index (χ3v) is 3.79. The van der Waals surface area contributed by atoms with E-state index in [0.717, 1.165) is 37.6 Å². The van der Waals surface area contributed by atoms with E-state index in [-0.39, 0.29) is 6.10 Å². The van der Waals surface area contributed by atoms with Crippen LogP contribution in [0.25, 0.3) is 0 Å². The first-order valence-electron chi connectivity index (χ1n) is 6.90. The number of pyridine rings is 1. The number of allylic oxidation sites excluding steroid dienone is 2. The number of hydrogen-bond donors (Lipinski definition) is 2. The van der Waals surface area contributed by atoms with E-state index in [0.29, 0.717) is 10.9 Å². The van der Waals surface area contributed by atoms with Gasteiger partial charge < -0.3 is 15.4 Å². The largest absolute Gasteiger partial charge is 0.375 e. The SMILES string of the molecule is Clc1ccc(NC2=CCC([C@H]3CNCCO3)C=C2)nc1. The van der Waals surface area contributed by atoms with Crippen LogP contribution in [-0.4, -0.2) is 30.8 Å². The van der Waals surface area contributed by atoms with Gasteiger partial charge in [-0.15, -0.1) is 0 Å². The molecule has 4 nitrogen and oxygen atoms in total. The minimum atomic E-state index is 0.284. The van der Waals surface area contributed by atoms with Crippen LogP contribution in [0.3, 0.4) is 0 Å². The Morgan fingerprint density at radius 1 is 1.40 bits per heavy atom. The van der Waals surface area contributed by atoms with Crippen molar-refractivity contribution in [2.24, 2.45) is 5.92 Å². The maximum absolute atomic E-state index is 5.82. The molecule has 0 aromatic carbocycles. The van der Waals surface area contributed by atoms with E-state index in [1.165, 1.54) is 0 Å². The molecule has 2 N–H and O–H groups in total. The molecule has 1 aromatic heterocycles. The normalized spacial score (nSPS) is 26.1. The first-order chi connectivity index (χ1) is 9.81. The lowest BCUT2D eigenvalue weighted by atomic mass is 9.93. The van der Waals surface area contributed by atoms with Gasteiger partial charge in [0.25, 0.3) is 0 Å². The highest BCUT2D eigenvalue weighted by atomic mass is 35.5. The van der Waals surface area contributed by atoms with Crippen molar-refractivity contribution in [2.45, 2.75) is 12.5 Å². The van der Waals surface area contributed by atoms with Crippen molar-refractivity contribution in [1.82, 2.24) is 10.3 Å². The topological polar surface area (TPSA) is 46.2 Å². The molecule has 1 aliphatic carbocycles. The fraction of sp³-hybridized carbons (Fsp3) is 0.400. The van der Waals surface area contributed by atoms with Crippen LogP contribution in [0.15, 0.2) is 42.3 Å². The van der Waals surface area contributed by atoms with Crippen molar-refractivity contribution in [3.05, 3.63) is 47.3 Å². The van der Waals surface area contributed by atoms with Gasteiger partial charge in [0.15, 0.2) is 0 Å². The number of morpholine rings is 1. The lowest BCUT2D eigenvalue weighted by Crippen LogP contribution is -2.42. The van der Waals surface area contributed by atoms with Crippen LogP contribution < -0.4 is 10.6 Å². The van der Waals surface area contributed by atoms with Gasteiger partial charge in [-0.1, -0.05) is 23.8 Å². The molecule has 1 aromatic rings. The highest BCUT2D eigenvalue weighted by molar-refractivity contribution is 6.30. The molecule has 0 amide bonds. The molecular weight excluding hydrogens is 274 g/mol. The quantitative estimate of drug-likeness (QED) is 0.899. The van der Waals surface area contributed by atoms with Gasteiger partial charge in [0.1, 0.15) is 5.82 Å². The molecule has 1 aliphatic heterocycles. The van der Waals surface area contributed by atoms with E-state index >= 15 is 0 Å². The van der Waals surface area contributed by atoms with E-state index in [1.807, 2.05) is 12.1 Å². The van der Waals surface area contributed by atoms with Crippen molar-refractivity contribution >= 4 is 17.4 Å². The Labute approximate surface area is 123 Å². The van der Waals surface area contributed by atoms with Crippen molar-refractivity contribution in [2.75, 3.05) is 25.0 Å². The summed E-state index contributed by atoms with van der Waals surface area (Å²) < 4.78 is 5.79. The van der Waals surface area contributed by atoms with Gasteiger partial charge >= 0.3 is 0 Å². The Morgan fingerprint density at radius 3 is 3.00 bits per heavy atom. The second kappa shape index (κ2) is 6.39. The highest BCUT2D eigenvalue weighted by Crippen LogP contribution is 2.23. The average molecular weight is 292 g/mol. The van der Waals surface area contributed by atoms with Crippen molar-refractivity contribution < 1.29 is 4.74 Å². The number of ether oxygens (including phenoxy) is 1. The third-order valence-electron chi connectivity index (χ3n) is 3.57. The fourth-order valence-corrected chi connectivity index (χ4v) is 2.58. The molecule has 2 aliphatic rings. The van der Waals surface area contributed by atoms with Gasteiger partial charge in [0.05, 0.1) is 17.7 Å². The van der Waals surface area contributed by atoms with Crippen molar-refractivity contribution in [3.63, 3.8) is 0 Å². The van der Waals surface area contributed by atoms with Crippen LogP contribution in [0.4, 0.5) is 5.82 Å². The number of anilines is 1. The molecule has 2 heterocycles. The number of aromatic nitrogens is 1. The van der Waals surface area contributed by atoms with Crippen LogP contribution in [0, 0.1) is 5.92 Å². The number of hydrogen-bond acceptors (Lipinski definition) is 4. The Morgan fingerprint density at radius 2 is 2.35 bits per heavy atom. The van der Waals surface area contributed by atoms with Crippen LogP contribution in [0.1, 0.15) is 6.42 Å². The van der Waals surface area contributed by atoms with E-state index in [4.69, 9.17) is 16.3 Å². The average Bonchev–Trinajstić information content (AvgIpc) is 2.51. The molecule has 3 rings (SSSR count). The zero-order valence-electron chi connectivity index (χ0n) is 11.2. The fourth-order valence-electron chi connectivity index (χ4n) is 2.46. The minimum Gasteiger partial charge on any atom is -0.375 e. The monoisotopic (exact) mass is 291 g/mol. The zero-order chi connectivity index (χ0) is 13.8. The van der Waals surface area contributed by atoms with Gasteiger partial charge in [-0.05, 0) is 24.6 Å². The molecule has 1 saturated heterocycles. The lowest BCUT2D eigenvalue weighted by molar-refractivity contribution is 0.00355. The Hall–Kier alpha value is -1.36.